The van der Waals surface area contributed by atoms with E-state index in [1.807, 2.05) is 97.8 Å². The van der Waals surface area contributed by atoms with Crippen molar-refractivity contribution in [3.05, 3.63) is 240 Å². The maximum atomic E-state index is 16.0. The molecule has 0 bridgehead atoms. The molecule has 694 valence electrons. The Kier molecular flexibility index (Phi) is 25.1. The summed E-state index contributed by atoms with van der Waals surface area (Å²) in [7, 11) is 0. The minimum atomic E-state index is -0.981. The second-order valence-corrected chi connectivity index (χ2v) is 37.1. The van der Waals surface area contributed by atoms with Crippen LogP contribution in [0, 0.1) is 55.7 Å². The van der Waals surface area contributed by atoms with E-state index >= 15 is 22.0 Å². The molecule has 28 nitrogen and oxygen atoms in total. The van der Waals surface area contributed by atoms with Crippen LogP contribution in [0.3, 0.4) is 0 Å². The summed E-state index contributed by atoms with van der Waals surface area (Å²) in [6.07, 6.45) is 11.3. The van der Waals surface area contributed by atoms with Crippen LogP contribution < -0.4 is 37.5 Å². The lowest BCUT2D eigenvalue weighted by molar-refractivity contribution is -0.129. The molecule has 3 aromatic carbocycles. The lowest BCUT2D eigenvalue weighted by Crippen LogP contribution is -2.58. The van der Waals surface area contributed by atoms with Crippen molar-refractivity contribution in [2.45, 2.75) is 213 Å². The standard InChI is InChI=1S/C33H34ClFN8O2.C33H32F3N7O2.C33H37F2N7O2/c1-5-25(44)41-14-17(3)42(15-16(41)2)31-21-13-22(34)29(26-23(35)7-6-8-24(26)36)39-32(21)43(33(45)40-31)30-27(19-9-10-19)37-18(4)38-28(30)20-11-12-20;1-5-25(44)41-14-17(3)42(15-16(41)2)31-21-13-24(36)29(26-22(34)7-6-8-23(26)35)39-32(21)43(33(45)40-31)30-27(19-9-10-19)37-18(4)38-28(30)20-11-12-20;1-9-26(43)40-15-20(7)41(16-19(40)6)31-23-14-25(35)29(22-12-10-11-13-24(22)34)38-32(23)42(33(44)39-31)30-27(17(2)3)36-21(8)37-28(30)18(4)5/h5-8,13,16-17,19-20H,1,9-12,14-15,36H2,2-4H3;5-8,13,16-17,19-20H,1,9-12,14-15H2,2-4H3;9-14,17-20H,1,15-16H2,2-8H3/t2*16-,17+;19-,20+/m111/s1. The van der Waals surface area contributed by atoms with Crippen LogP contribution in [0.4, 0.5) is 49.5 Å². The van der Waals surface area contributed by atoms with Gasteiger partial charge in [0.05, 0.1) is 89.2 Å². The minimum absolute atomic E-state index is 0.00440. The van der Waals surface area contributed by atoms with E-state index in [1.54, 1.807) is 39.8 Å². The summed E-state index contributed by atoms with van der Waals surface area (Å²) in [4.78, 5) is 148. The molecular formula is C99H103ClF6N22O6. The van der Waals surface area contributed by atoms with Crippen molar-refractivity contribution in [3.63, 3.8) is 0 Å². The number of halogens is 7. The van der Waals surface area contributed by atoms with E-state index in [4.69, 9.17) is 52.2 Å². The average Bonchev–Trinajstić information content (AvgIpc) is 1.57. The largest absolute Gasteiger partial charge is 0.398 e. The predicted molar refractivity (Wildman–Crippen MR) is 502 cm³/mol. The van der Waals surface area contributed by atoms with E-state index in [1.165, 1.54) is 74.4 Å². The van der Waals surface area contributed by atoms with E-state index < -0.39 is 63.2 Å². The first-order chi connectivity index (χ1) is 64.0. The number of fused-ring (bicyclic) bond motifs is 3. The molecule has 2 N–H and O–H groups in total. The number of amides is 3. The van der Waals surface area contributed by atoms with Gasteiger partial charge in [0.1, 0.15) is 75.4 Å². The molecule has 6 atom stereocenters. The number of aryl methyl sites for hydroxylation is 3. The quantitative estimate of drug-likeness (QED) is 0.0474. The zero-order chi connectivity index (χ0) is 95.5. The number of piperazine rings is 3. The number of aromatic nitrogens is 15. The normalized spacial score (nSPS) is 19.1. The third-order valence-electron chi connectivity index (χ3n) is 25.9. The molecule has 0 radical (unpaired) electrons. The Hall–Kier alpha value is -13.5. The van der Waals surface area contributed by atoms with Gasteiger partial charge in [-0.05, 0) is 198 Å². The molecule has 3 saturated heterocycles. The molecule has 7 fully saturated rings. The molecule has 134 heavy (non-hydrogen) atoms. The number of anilines is 4. The van der Waals surface area contributed by atoms with Gasteiger partial charge in [-0.3, -0.25) is 14.4 Å². The Morgan fingerprint density at radius 2 is 0.709 bits per heavy atom. The fourth-order valence-electron chi connectivity index (χ4n) is 18.7. The summed E-state index contributed by atoms with van der Waals surface area (Å²) in [5, 5.41) is 1.15. The van der Waals surface area contributed by atoms with Crippen molar-refractivity contribution in [3.8, 4) is 50.8 Å². The van der Waals surface area contributed by atoms with Gasteiger partial charge in [0.15, 0.2) is 22.8 Å². The van der Waals surface area contributed by atoms with Gasteiger partial charge in [-0.15, -0.1) is 0 Å². The van der Waals surface area contributed by atoms with Crippen LogP contribution in [0.5, 0.6) is 0 Å². The SMILES string of the molecule is C=CC(=O)N1C[C@H](C)N(c2nc(=O)n(-c3c(C(C)C)nc(C)nc3C(C)C)c3nc(-c4ccccc4F)c(F)cc23)C[C@H]1C.C=CC(=O)N1C[C@H](C)N(c2nc(=O)n(-c3c(C4CC4)nc(C)nc3C3CC3)c3nc(-c4c(F)cccc4F)c(F)cc23)C[C@H]1C.C=CC(=O)N1C[C@H](C)N(c2nc(=O)n(-c3c(C4CC4)nc(C)nc3C3CC3)c3nc(-c4c(N)cccc4F)c(Cl)cc23)C[C@H]1C. The Morgan fingerprint density at radius 3 is 1.07 bits per heavy atom. The number of carbonyl (C=O) groups is 3. The van der Waals surface area contributed by atoms with Crippen molar-refractivity contribution in [2.24, 2.45) is 0 Å². The van der Waals surface area contributed by atoms with E-state index in [0.717, 1.165) is 81.0 Å². The van der Waals surface area contributed by atoms with Crippen molar-refractivity contribution < 1.29 is 40.7 Å². The van der Waals surface area contributed by atoms with E-state index in [-0.39, 0.29) is 162 Å². The molecule has 0 unspecified atom stereocenters. The summed E-state index contributed by atoms with van der Waals surface area (Å²) in [5.74, 6) is -2.43. The van der Waals surface area contributed by atoms with Crippen LogP contribution in [0.25, 0.3) is 83.9 Å². The first-order valence-corrected chi connectivity index (χ1v) is 45.7. The number of pyridine rings is 3. The highest BCUT2D eigenvalue weighted by Gasteiger charge is 2.44. The third kappa shape index (κ3) is 17.3. The molecule has 12 heterocycles. The zero-order valence-electron chi connectivity index (χ0n) is 76.8. The van der Waals surface area contributed by atoms with E-state index in [9.17, 15) is 33.2 Å². The lowest BCUT2D eigenvalue weighted by Gasteiger charge is -2.44. The second-order valence-electron chi connectivity index (χ2n) is 36.7. The summed E-state index contributed by atoms with van der Waals surface area (Å²) in [6.45, 7) is 37.8. The Balaban J connectivity index is 0.000000140. The van der Waals surface area contributed by atoms with Crippen LogP contribution in [0.2, 0.25) is 5.02 Å². The number of benzene rings is 3. The number of nitrogens with zero attached hydrogens (tertiary/aromatic N) is 21. The van der Waals surface area contributed by atoms with Gasteiger partial charge in [0, 0.05) is 110 Å². The van der Waals surface area contributed by atoms with Crippen molar-refractivity contribution in [1.29, 1.82) is 0 Å². The summed E-state index contributed by atoms with van der Waals surface area (Å²) in [5.41, 5.74) is 9.48. The summed E-state index contributed by atoms with van der Waals surface area (Å²) < 4.78 is 96.4. The molecule has 4 saturated carbocycles. The van der Waals surface area contributed by atoms with Crippen LogP contribution in [-0.4, -0.2) is 181 Å². The topological polar surface area (TPSA) is 317 Å². The van der Waals surface area contributed by atoms with E-state index in [0.29, 0.717) is 108 Å². The maximum Gasteiger partial charge on any atom is 0.355 e. The van der Waals surface area contributed by atoms with Crippen molar-refractivity contribution >= 4 is 85.6 Å². The monoisotopic (exact) mass is 1840 g/mol. The molecule has 12 aromatic rings. The van der Waals surface area contributed by atoms with Gasteiger partial charge in [0.2, 0.25) is 17.7 Å². The van der Waals surface area contributed by atoms with Gasteiger partial charge in [0.25, 0.3) is 0 Å². The Labute approximate surface area is 773 Å². The van der Waals surface area contributed by atoms with Gasteiger partial charge in [-0.2, -0.15) is 15.0 Å². The van der Waals surface area contributed by atoms with Gasteiger partial charge in [-0.25, -0.2) is 99.3 Å². The molecule has 35 heteroatoms. The number of carbonyl (C=O) groups excluding carboxylic acids is 3. The highest BCUT2D eigenvalue weighted by atomic mass is 35.5. The summed E-state index contributed by atoms with van der Waals surface area (Å²) >= 11 is 6.88. The number of hydrogen-bond acceptors (Lipinski definition) is 22. The highest BCUT2D eigenvalue weighted by molar-refractivity contribution is 6.34. The first-order valence-electron chi connectivity index (χ1n) is 45.4. The van der Waals surface area contributed by atoms with Crippen molar-refractivity contribution in [2.75, 3.05) is 59.7 Å². The number of hydrogen-bond donors (Lipinski definition) is 1. The van der Waals surface area contributed by atoms with Crippen LogP contribution in [-0.2, 0) is 14.4 Å². The Morgan fingerprint density at radius 1 is 0.388 bits per heavy atom. The Bertz CT molecular complexity index is 6640. The zero-order valence-corrected chi connectivity index (χ0v) is 77.5. The predicted octanol–water partition coefficient (Wildman–Crippen LogP) is 16.3. The fraction of sp³-hybridized carbons (Fsp3) is 0.394. The van der Waals surface area contributed by atoms with Gasteiger partial charge < -0.3 is 35.1 Å². The molecule has 3 aliphatic heterocycles. The second kappa shape index (κ2) is 36.5. The minimum Gasteiger partial charge on any atom is -0.398 e. The maximum absolute atomic E-state index is 16.0. The molecular weight excluding hydrogens is 1740 g/mol. The van der Waals surface area contributed by atoms with Gasteiger partial charge >= 0.3 is 17.1 Å². The third-order valence-corrected chi connectivity index (χ3v) is 26.2. The van der Waals surface area contributed by atoms with Crippen LogP contribution in [0.1, 0.15) is 208 Å². The number of rotatable bonds is 18. The van der Waals surface area contributed by atoms with Crippen LogP contribution >= 0.6 is 11.6 Å². The molecule has 0 spiro atoms. The van der Waals surface area contributed by atoms with E-state index in [2.05, 4.69) is 44.7 Å². The fourth-order valence-corrected chi connectivity index (χ4v) is 19.0. The number of nitrogen functional groups attached to an aromatic ring is 1. The van der Waals surface area contributed by atoms with Gasteiger partial charge in [-0.1, -0.05) is 83.3 Å². The molecule has 9 aromatic heterocycles. The van der Waals surface area contributed by atoms with Crippen LogP contribution in [0.15, 0.2) is 131 Å². The highest BCUT2D eigenvalue weighted by Crippen LogP contribution is 2.51. The smallest absolute Gasteiger partial charge is 0.355 e. The molecule has 3 amide bonds. The summed E-state index contributed by atoms with van der Waals surface area (Å²) in [6, 6.07) is 16.1. The average molecular weight is 1850 g/mol. The lowest BCUT2D eigenvalue weighted by atomic mass is 10.0. The van der Waals surface area contributed by atoms with Crippen molar-refractivity contribution in [1.82, 2.24) is 88.2 Å². The molecule has 19 rings (SSSR count). The number of nitrogens with two attached hydrogens (primary N) is 1. The molecule has 4 aliphatic carbocycles. The molecule has 7 aliphatic rings. The first kappa shape index (κ1) is 92.3.